The fraction of sp³-hybridized carbons (Fsp3) is 0.824. The molecule has 2 rings (SSSR count). The third kappa shape index (κ3) is 6.00. The van der Waals surface area contributed by atoms with E-state index in [1.165, 1.54) is 32.1 Å². The summed E-state index contributed by atoms with van der Waals surface area (Å²) < 4.78 is 10.7. The fourth-order valence-corrected chi connectivity index (χ4v) is 3.29. The second kappa shape index (κ2) is 10.1. The molecule has 0 radical (unpaired) electrons. The van der Waals surface area contributed by atoms with E-state index >= 15 is 0 Å². The molecule has 0 aromatic carbocycles. The first kappa shape index (κ1) is 18.5. The van der Waals surface area contributed by atoms with E-state index in [0.29, 0.717) is 38.6 Å². The zero-order valence-electron chi connectivity index (χ0n) is 14.2. The van der Waals surface area contributed by atoms with Gasteiger partial charge in [0.2, 0.25) is 0 Å². The second-order valence-corrected chi connectivity index (χ2v) is 6.43. The molecule has 7 nitrogen and oxygen atoms in total. The lowest BCUT2D eigenvalue weighted by atomic mass is 9.85. The number of ether oxygens (including phenoxy) is 2. The van der Waals surface area contributed by atoms with E-state index in [4.69, 9.17) is 14.7 Å². The van der Waals surface area contributed by atoms with Crippen molar-refractivity contribution >= 4 is 12.0 Å². The molecule has 2 amide bonds. The zero-order valence-corrected chi connectivity index (χ0v) is 14.2. The number of hydrogen-bond acceptors (Lipinski definition) is 5. The van der Waals surface area contributed by atoms with Crippen molar-refractivity contribution in [2.24, 2.45) is 5.92 Å². The van der Waals surface area contributed by atoms with E-state index in [-0.39, 0.29) is 12.5 Å². The van der Waals surface area contributed by atoms with Crippen LogP contribution in [0, 0.1) is 17.2 Å². The molecule has 134 valence electrons. The molecule has 1 N–H and O–H groups in total. The molecule has 1 saturated heterocycles. The highest BCUT2D eigenvalue weighted by Crippen LogP contribution is 2.28. The second-order valence-electron chi connectivity index (χ2n) is 6.43. The highest BCUT2D eigenvalue weighted by atomic mass is 16.6. The van der Waals surface area contributed by atoms with E-state index in [0.717, 1.165) is 6.42 Å². The van der Waals surface area contributed by atoms with Crippen LogP contribution in [0.15, 0.2) is 0 Å². The summed E-state index contributed by atoms with van der Waals surface area (Å²) >= 11 is 0. The van der Waals surface area contributed by atoms with Gasteiger partial charge in [0.15, 0.2) is 6.10 Å². The summed E-state index contributed by atoms with van der Waals surface area (Å²) in [4.78, 5) is 26.0. The topological polar surface area (TPSA) is 91.7 Å². The van der Waals surface area contributed by atoms with Crippen molar-refractivity contribution in [2.75, 3.05) is 32.8 Å². The SMILES string of the molecule is N#CCNC(=O)[C@H](CCC1CCCCC1)OC(=O)N1CCOCC1. The van der Waals surface area contributed by atoms with Crippen LogP contribution in [-0.4, -0.2) is 55.9 Å². The Hall–Kier alpha value is -1.81. The Balaban J connectivity index is 1.86. The molecule has 1 aliphatic carbocycles. The molecular formula is C17H27N3O4. The molecule has 1 aliphatic heterocycles. The van der Waals surface area contributed by atoms with Gasteiger partial charge in [0, 0.05) is 13.1 Å². The summed E-state index contributed by atoms with van der Waals surface area (Å²) in [6.45, 7) is 1.86. The molecule has 2 fully saturated rings. The number of amides is 2. The zero-order chi connectivity index (χ0) is 17.2. The van der Waals surface area contributed by atoms with Crippen LogP contribution >= 0.6 is 0 Å². The van der Waals surface area contributed by atoms with Gasteiger partial charge in [-0.05, 0) is 18.8 Å². The largest absolute Gasteiger partial charge is 0.436 e. The number of rotatable bonds is 6. The highest BCUT2D eigenvalue weighted by Gasteiger charge is 2.27. The van der Waals surface area contributed by atoms with Crippen molar-refractivity contribution in [3.05, 3.63) is 0 Å². The van der Waals surface area contributed by atoms with Gasteiger partial charge >= 0.3 is 6.09 Å². The third-order valence-electron chi connectivity index (χ3n) is 4.71. The van der Waals surface area contributed by atoms with Crippen molar-refractivity contribution in [2.45, 2.75) is 51.0 Å². The first-order valence-corrected chi connectivity index (χ1v) is 8.88. The van der Waals surface area contributed by atoms with Gasteiger partial charge in [0.25, 0.3) is 5.91 Å². The minimum atomic E-state index is -0.823. The van der Waals surface area contributed by atoms with E-state index in [1.54, 1.807) is 4.90 Å². The van der Waals surface area contributed by atoms with E-state index < -0.39 is 12.2 Å². The molecule has 1 saturated carbocycles. The molecule has 24 heavy (non-hydrogen) atoms. The Kier molecular flexibility index (Phi) is 7.83. The lowest BCUT2D eigenvalue weighted by molar-refractivity contribution is -0.130. The maximum atomic E-state index is 12.2. The van der Waals surface area contributed by atoms with E-state index in [9.17, 15) is 9.59 Å². The molecule has 0 aromatic rings. The van der Waals surface area contributed by atoms with Crippen LogP contribution in [0.3, 0.4) is 0 Å². The van der Waals surface area contributed by atoms with Crippen LogP contribution in [-0.2, 0) is 14.3 Å². The standard InChI is InChI=1S/C17H27N3O4/c18-8-9-19-16(21)15(7-6-14-4-2-1-3-5-14)24-17(22)20-10-12-23-13-11-20/h14-15H,1-7,9-13H2,(H,19,21)/t15-/m0/s1. The first-order valence-electron chi connectivity index (χ1n) is 8.88. The molecule has 7 heteroatoms. The molecule has 0 unspecified atom stereocenters. The van der Waals surface area contributed by atoms with Crippen LogP contribution < -0.4 is 5.32 Å². The summed E-state index contributed by atoms with van der Waals surface area (Å²) in [6, 6.07) is 1.88. The van der Waals surface area contributed by atoms with Crippen molar-refractivity contribution in [1.29, 1.82) is 5.26 Å². The third-order valence-corrected chi connectivity index (χ3v) is 4.71. The number of hydrogen-bond donors (Lipinski definition) is 1. The molecule has 0 bridgehead atoms. The Bertz CT molecular complexity index is 451. The predicted molar refractivity (Wildman–Crippen MR) is 87.1 cm³/mol. The number of nitriles is 1. The minimum Gasteiger partial charge on any atom is -0.436 e. The van der Waals surface area contributed by atoms with E-state index in [2.05, 4.69) is 5.32 Å². The van der Waals surface area contributed by atoms with Crippen molar-refractivity contribution in [1.82, 2.24) is 10.2 Å². The monoisotopic (exact) mass is 337 g/mol. The number of carbonyl (C=O) groups excluding carboxylic acids is 2. The average molecular weight is 337 g/mol. The maximum absolute atomic E-state index is 12.2. The number of nitrogens with one attached hydrogen (secondary N) is 1. The average Bonchev–Trinajstić information content (AvgIpc) is 2.64. The Morgan fingerprint density at radius 2 is 1.96 bits per heavy atom. The van der Waals surface area contributed by atoms with Gasteiger partial charge in [0.1, 0.15) is 6.54 Å². The molecule has 1 heterocycles. The summed E-state index contributed by atoms with van der Waals surface area (Å²) in [7, 11) is 0. The minimum absolute atomic E-state index is 0.0755. The molecular weight excluding hydrogens is 310 g/mol. The summed E-state index contributed by atoms with van der Waals surface area (Å²) in [5.74, 6) is 0.223. The summed E-state index contributed by atoms with van der Waals surface area (Å²) in [5.41, 5.74) is 0. The molecule has 0 spiro atoms. The number of morpholine rings is 1. The van der Waals surface area contributed by atoms with Gasteiger partial charge in [-0.3, -0.25) is 4.79 Å². The van der Waals surface area contributed by atoms with Gasteiger partial charge < -0.3 is 19.7 Å². The van der Waals surface area contributed by atoms with Crippen molar-refractivity contribution < 1.29 is 19.1 Å². The molecule has 0 aromatic heterocycles. The smallest absolute Gasteiger partial charge is 0.410 e. The lowest BCUT2D eigenvalue weighted by Gasteiger charge is -2.29. The normalized spacial score (nSPS) is 20.0. The van der Waals surface area contributed by atoms with Gasteiger partial charge in [0.05, 0.1) is 19.3 Å². The van der Waals surface area contributed by atoms with Gasteiger partial charge in [-0.1, -0.05) is 32.1 Å². The van der Waals surface area contributed by atoms with Crippen LogP contribution in [0.4, 0.5) is 4.79 Å². The summed E-state index contributed by atoms with van der Waals surface area (Å²) in [6.07, 6.45) is 6.23. The Morgan fingerprint density at radius 1 is 1.25 bits per heavy atom. The Labute approximate surface area is 143 Å². The van der Waals surface area contributed by atoms with Gasteiger partial charge in [-0.2, -0.15) is 5.26 Å². The number of carbonyl (C=O) groups is 2. The Morgan fingerprint density at radius 3 is 2.62 bits per heavy atom. The molecule has 1 atom stereocenters. The lowest BCUT2D eigenvalue weighted by Crippen LogP contribution is -2.45. The fourth-order valence-electron chi connectivity index (χ4n) is 3.29. The maximum Gasteiger partial charge on any atom is 0.410 e. The van der Waals surface area contributed by atoms with Crippen LogP contribution in [0.25, 0.3) is 0 Å². The predicted octanol–water partition coefficient (Wildman–Crippen LogP) is 1.82. The molecule has 2 aliphatic rings. The van der Waals surface area contributed by atoms with Crippen LogP contribution in [0.1, 0.15) is 44.9 Å². The van der Waals surface area contributed by atoms with E-state index in [1.807, 2.05) is 6.07 Å². The highest BCUT2D eigenvalue weighted by molar-refractivity contribution is 5.83. The van der Waals surface area contributed by atoms with Gasteiger partial charge in [-0.25, -0.2) is 4.79 Å². The van der Waals surface area contributed by atoms with Crippen LogP contribution in [0.5, 0.6) is 0 Å². The van der Waals surface area contributed by atoms with Crippen molar-refractivity contribution in [3.63, 3.8) is 0 Å². The number of nitrogens with zero attached hydrogens (tertiary/aromatic N) is 2. The van der Waals surface area contributed by atoms with Crippen molar-refractivity contribution in [3.8, 4) is 6.07 Å². The quantitative estimate of drug-likeness (QED) is 0.747. The first-order chi connectivity index (χ1) is 11.7. The summed E-state index contributed by atoms with van der Waals surface area (Å²) in [5, 5.41) is 11.1. The van der Waals surface area contributed by atoms with Crippen LogP contribution in [0.2, 0.25) is 0 Å². The van der Waals surface area contributed by atoms with Gasteiger partial charge in [-0.15, -0.1) is 0 Å².